The SMILES string of the molecule is CN=C(NCCNS(=O)(=O)c1ccc(Cl)s1)N(C)Cc1ccc(OC)c(F)c1.I. The third-order valence-electron chi connectivity index (χ3n) is 3.72. The number of rotatable bonds is 8. The van der Waals surface area contributed by atoms with Crippen LogP contribution < -0.4 is 14.8 Å². The Morgan fingerprint density at radius 3 is 2.59 bits per heavy atom. The minimum absolute atomic E-state index is 0. The highest BCUT2D eigenvalue weighted by molar-refractivity contribution is 14.0. The Kier molecular flexibility index (Phi) is 10.6. The molecule has 0 atom stereocenters. The number of aliphatic imine (C=N–C) groups is 1. The van der Waals surface area contributed by atoms with E-state index in [9.17, 15) is 12.8 Å². The maximum Gasteiger partial charge on any atom is 0.250 e. The van der Waals surface area contributed by atoms with Gasteiger partial charge in [0.05, 0.1) is 11.4 Å². The highest BCUT2D eigenvalue weighted by atomic mass is 127. The lowest BCUT2D eigenvalue weighted by atomic mass is 10.2. The number of nitrogens with zero attached hydrogens (tertiary/aromatic N) is 2. The highest BCUT2D eigenvalue weighted by Crippen LogP contribution is 2.25. The Hall–Kier alpha value is -1.15. The number of ether oxygens (including phenoxy) is 1. The number of hydrogen-bond donors (Lipinski definition) is 2. The first-order valence-corrected chi connectivity index (χ1v) is 10.9. The number of methoxy groups -OCH3 is 1. The van der Waals surface area contributed by atoms with Crippen LogP contribution in [0.1, 0.15) is 5.56 Å². The topological polar surface area (TPSA) is 83.0 Å². The van der Waals surface area contributed by atoms with Gasteiger partial charge >= 0.3 is 0 Å². The molecule has 12 heteroatoms. The third-order valence-corrected chi connectivity index (χ3v) is 6.91. The van der Waals surface area contributed by atoms with Crippen LogP contribution in [0.5, 0.6) is 5.75 Å². The van der Waals surface area contributed by atoms with Gasteiger partial charge in [-0.25, -0.2) is 17.5 Å². The van der Waals surface area contributed by atoms with E-state index >= 15 is 0 Å². The summed E-state index contributed by atoms with van der Waals surface area (Å²) in [7, 11) is 1.24. The minimum atomic E-state index is -3.59. The molecule has 0 radical (unpaired) electrons. The number of nitrogens with one attached hydrogen (secondary N) is 2. The van der Waals surface area contributed by atoms with Crippen molar-refractivity contribution in [2.24, 2.45) is 4.99 Å². The van der Waals surface area contributed by atoms with Gasteiger partial charge in [0.25, 0.3) is 0 Å². The molecule has 7 nitrogen and oxygen atoms in total. The highest BCUT2D eigenvalue weighted by Gasteiger charge is 2.16. The van der Waals surface area contributed by atoms with Gasteiger partial charge in [0.15, 0.2) is 17.5 Å². The van der Waals surface area contributed by atoms with Gasteiger partial charge in [-0.2, -0.15) is 0 Å². The summed E-state index contributed by atoms with van der Waals surface area (Å²) in [6.45, 7) is 0.911. The van der Waals surface area contributed by atoms with E-state index < -0.39 is 15.8 Å². The van der Waals surface area contributed by atoms with Crippen LogP contribution in [-0.2, 0) is 16.6 Å². The monoisotopic (exact) mass is 576 g/mol. The van der Waals surface area contributed by atoms with Crippen molar-refractivity contribution in [1.82, 2.24) is 14.9 Å². The number of benzene rings is 1. The fourth-order valence-corrected chi connectivity index (χ4v) is 4.97. The van der Waals surface area contributed by atoms with Crippen LogP contribution in [0.2, 0.25) is 4.34 Å². The zero-order chi connectivity index (χ0) is 20.7. The summed E-state index contributed by atoms with van der Waals surface area (Å²) in [5, 5.41) is 3.06. The quantitative estimate of drug-likeness (QED) is 0.218. The molecule has 0 aliphatic carbocycles. The minimum Gasteiger partial charge on any atom is -0.494 e. The molecule has 0 saturated carbocycles. The third kappa shape index (κ3) is 7.55. The second-order valence-electron chi connectivity index (χ2n) is 5.76. The molecule has 0 aliphatic rings. The van der Waals surface area contributed by atoms with E-state index in [1.165, 1.54) is 25.3 Å². The van der Waals surface area contributed by atoms with E-state index in [1.54, 1.807) is 31.1 Å². The maximum atomic E-state index is 13.8. The summed E-state index contributed by atoms with van der Waals surface area (Å²) in [5.41, 5.74) is 0.749. The molecule has 1 heterocycles. The summed E-state index contributed by atoms with van der Waals surface area (Å²) in [6, 6.07) is 7.75. The Balaban J connectivity index is 0.00000420. The molecule has 2 N–H and O–H groups in total. The van der Waals surface area contributed by atoms with Gasteiger partial charge in [0.2, 0.25) is 10.0 Å². The standard InChI is InChI=1S/C17H22ClFN4O3S2.HI/c1-20-17(23(2)11-12-4-5-14(26-3)13(19)10-12)21-8-9-22-28(24,25)16-7-6-15(18)27-16;/h4-7,10,22H,8-9,11H2,1-3H3,(H,20,21);1H. The lowest BCUT2D eigenvalue weighted by Crippen LogP contribution is -2.42. The average molecular weight is 577 g/mol. The lowest BCUT2D eigenvalue weighted by Gasteiger charge is -2.22. The predicted molar refractivity (Wildman–Crippen MR) is 126 cm³/mol. The van der Waals surface area contributed by atoms with Gasteiger partial charge in [-0.05, 0) is 29.8 Å². The van der Waals surface area contributed by atoms with Crippen molar-refractivity contribution in [2.45, 2.75) is 10.8 Å². The second-order valence-corrected chi connectivity index (χ2v) is 9.46. The summed E-state index contributed by atoms with van der Waals surface area (Å²) in [5.74, 6) is 0.308. The van der Waals surface area contributed by atoms with Crippen LogP contribution in [0.15, 0.2) is 39.5 Å². The van der Waals surface area contributed by atoms with E-state index in [-0.39, 0.29) is 40.5 Å². The largest absolute Gasteiger partial charge is 0.494 e. The summed E-state index contributed by atoms with van der Waals surface area (Å²) < 4.78 is 46.1. The number of guanidine groups is 1. The van der Waals surface area contributed by atoms with Gasteiger partial charge in [-0.15, -0.1) is 35.3 Å². The Morgan fingerprint density at radius 2 is 2.03 bits per heavy atom. The van der Waals surface area contributed by atoms with Crippen LogP contribution in [-0.4, -0.2) is 53.6 Å². The summed E-state index contributed by atoms with van der Waals surface area (Å²) >= 11 is 6.77. The fraction of sp³-hybridized carbons (Fsp3) is 0.353. The zero-order valence-corrected chi connectivity index (χ0v) is 20.8. The van der Waals surface area contributed by atoms with Crippen molar-refractivity contribution in [1.29, 1.82) is 0 Å². The number of halogens is 3. The Labute approximate surface area is 196 Å². The lowest BCUT2D eigenvalue weighted by molar-refractivity contribution is 0.385. The second kappa shape index (κ2) is 11.9. The number of hydrogen-bond acceptors (Lipinski definition) is 5. The molecule has 0 amide bonds. The zero-order valence-electron chi connectivity index (χ0n) is 16.1. The molecule has 0 bridgehead atoms. The van der Waals surface area contributed by atoms with Gasteiger partial charge in [0, 0.05) is 33.7 Å². The molecule has 0 fully saturated rings. The van der Waals surface area contributed by atoms with Gasteiger partial charge in [-0.1, -0.05) is 17.7 Å². The smallest absolute Gasteiger partial charge is 0.250 e. The molecule has 162 valence electrons. The summed E-state index contributed by atoms with van der Waals surface area (Å²) in [4.78, 5) is 5.96. The molecule has 1 aromatic heterocycles. The first kappa shape index (κ1) is 25.9. The van der Waals surface area contributed by atoms with E-state index in [1.807, 2.05) is 0 Å². The molecular weight excluding hydrogens is 554 g/mol. The van der Waals surface area contributed by atoms with Crippen molar-refractivity contribution in [3.8, 4) is 5.75 Å². The van der Waals surface area contributed by atoms with Gasteiger partial charge in [-0.3, -0.25) is 4.99 Å². The molecule has 0 aliphatic heterocycles. The van der Waals surface area contributed by atoms with E-state index in [0.29, 0.717) is 23.4 Å². The summed E-state index contributed by atoms with van der Waals surface area (Å²) in [6.07, 6.45) is 0. The molecule has 1 aromatic carbocycles. The van der Waals surface area contributed by atoms with Crippen LogP contribution >= 0.6 is 46.9 Å². The molecule has 2 aromatic rings. The Bertz CT molecular complexity index is 941. The average Bonchev–Trinajstić information content (AvgIpc) is 3.09. The van der Waals surface area contributed by atoms with E-state index in [4.69, 9.17) is 16.3 Å². The molecule has 29 heavy (non-hydrogen) atoms. The van der Waals surface area contributed by atoms with E-state index in [0.717, 1.165) is 16.9 Å². The van der Waals surface area contributed by atoms with Crippen LogP contribution in [0.4, 0.5) is 4.39 Å². The van der Waals surface area contributed by atoms with Crippen molar-refractivity contribution >= 4 is 62.9 Å². The normalized spacial score (nSPS) is 11.7. The molecule has 0 spiro atoms. The number of thiophene rings is 1. The van der Waals surface area contributed by atoms with Crippen molar-refractivity contribution in [3.63, 3.8) is 0 Å². The van der Waals surface area contributed by atoms with Crippen molar-refractivity contribution in [3.05, 3.63) is 46.0 Å². The molecular formula is C17H23ClFIN4O3S2. The van der Waals surface area contributed by atoms with Crippen molar-refractivity contribution in [2.75, 3.05) is 34.3 Å². The van der Waals surface area contributed by atoms with Crippen molar-refractivity contribution < 1.29 is 17.5 Å². The van der Waals surface area contributed by atoms with E-state index in [2.05, 4.69) is 15.0 Å². The molecule has 0 unspecified atom stereocenters. The number of sulfonamides is 1. The fourth-order valence-electron chi connectivity index (χ4n) is 2.41. The Morgan fingerprint density at radius 1 is 1.31 bits per heavy atom. The first-order chi connectivity index (χ1) is 13.3. The first-order valence-electron chi connectivity index (χ1n) is 8.26. The van der Waals surface area contributed by atoms with Crippen LogP contribution in [0, 0.1) is 5.82 Å². The van der Waals surface area contributed by atoms with Gasteiger partial charge < -0.3 is 15.0 Å². The molecule has 0 saturated heterocycles. The van der Waals surface area contributed by atoms with Gasteiger partial charge in [0.1, 0.15) is 4.21 Å². The maximum absolute atomic E-state index is 13.8. The van der Waals surface area contributed by atoms with Crippen LogP contribution in [0.3, 0.4) is 0 Å². The molecule has 2 rings (SSSR count). The predicted octanol–water partition coefficient (Wildman–Crippen LogP) is 3.15. The van der Waals surface area contributed by atoms with Crippen LogP contribution in [0.25, 0.3) is 0 Å².